The van der Waals surface area contributed by atoms with E-state index in [1.807, 2.05) is 30.3 Å². The first kappa shape index (κ1) is 11.7. The number of benzene rings is 1. The zero-order valence-electron chi connectivity index (χ0n) is 10.2. The summed E-state index contributed by atoms with van der Waals surface area (Å²) in [7, 11) is 0. The second-order valence-electron chi connectivity index (χ2n) is 4.44. The predicted molar refractivity (Wildman–Crippen MR) is 70.3 cm³/mol. The first-order chi connectivity index (χ1) is 9.22. The number of aliphatic hydroxyl groups is 1. The summed E-state index contributed by atoms with van der Waals surface area (Å²) in [6.45, 7) is 0. The number of nitrogens with zero attached hydrogens (tertiary/aromatic N) is 1. The number of anilines is 1. The first-order valence-corrected chi connectivity index (χ1v) is 6.03. The number of hydrogen-bond acceptors (Lipinski definition) is 3. The number of rotatable bonds is 2. The Morgan fingerprint density at radius 1 is 1.16 bits per heavy atom. The zero-order valence-corrected chi connectivity index (χ0v) is 10.2. The molecule has 1 amide bonds. The average molecular weight is 255 g/mol. The third-order valence-corrected chi connectivity index (χ3v) is 3.20. The van der Waals surface area contributed by atoms with Crippen molar-refractivity contribution in [2.24, 2.45) is 0 Å². The molecule has 0 unspecified atom stereocenters. The van der Waals surface area contributed by atoms with Crippen molar-refractivity contribution in [2.45, 2.75) is 12.0 Å². The third kappa shape index (κ3) is 1.86. The molecular formula is C15H13NO3. The normalized spacial score (nSPS) is 22.8. The SMILES string of the molecule is O=C1N(c2ccccc2)C=CC[C@@]1(O)c1ccco1. The van der Waals surface area contributed by atoms with E-state index >= 15 is 0 Å². The van der Waals surface area contributed by atoms with Gasteiger partial charge in [-0.15, -0.1) is 0 Å². The summed E-state index contributed by atoms with van der Waals surface area (Å²) in [6, 6.07) is 12.5. The Morgan fingerprint density at radius 2 is 1.95 bits per heavy atom. The maximum atomic E-state index is 12.5. The summed E-state index contributed by atoms with van der Waals surface area (Å²) in [5, 5.41) is 10.6. The second kappa shape index (κ2) is 4.40. The molecular weight excluding hydrogens is 242 g/mol. The number of furan rings is 1. The average Bonchev–Trinajstić information content (AvgIpc) is 2.98. The number of para-hydroxylation sites is 1. The Hall–Kier alpha value is -2.33. The summed E-state index contributed by atoms with van der Waals surface area (Å²) in [4.78, 5) is 13.9. The van der Waals surface area contributed by atoms with Crippen LogP contribution in [0.25, 0.3) is 0 Å². The van der Waals surface area contributed by atoms with E-state index in [0.29, 0.717) is 5.69 Å². The fourth-order valence-corrected chi connectivity index (χ4v) is 2.19. The molecule has 1 aromatic heterocycles. The van der Waals surface area contributed by atoms with E-state index in [1.165, 1.54) is 11.2 Å². The van der Waals surface area contributed by atoms with Crippen LogP contribution in [0.1, 0.15) is 12.2 Å². The van der Waals surface area contributed by atoms with Crippen LogP contribution in [0.2, 0.25) is 0 Å². The van der Waals surface area contributed by atoms with Crippen molar-refractivity contribution in [2.75, 3.05) is 4.90 Å². The zero-order chi connectivity index (χ0) is 13.3. The van der Waals surface area contributed by atoms with Crippen LogP contribution in [0.4, 0.5) is 5.69 Å². The van der Waals surface area contributed by atoms with Gasteiger partial charge in [-0.05, 0) is 24.3 Å². The van der Waals surface area contributed by atoms with Gasteiger partial charge in [-0.25, -0.2) is 0 Å². The number of carbonyl (C=O) groups is 1. The lowest BCUT2D eigenvalue weighted by Gasteiger charge is -2.32. The van der Waals surface area contributed by atoms with Crippen molar-refractivity contribution in [3.63, 3.8) is 0 Å². The highest BCUT2D eigenvalue weighted by atomic mass is 16.4. The van der Waals surface area contributed by atoms with Crippen LogP contribution in [0.5, 0.6) is 0 Å². The molecule has 1 atom stereocenters. The molecule has 2 aromatic rings. The van der Waals surface area contributed by atoms with Gasteiger partial charge in [-0.3, -0.25) is 9.69 Å². The molecule has 1 aliphatic heterocycles. The quantitative estimate of drug-likeness (QED) is 0.896. The van der Waals surface area contributed by atoms with Gasteiger partial charge in [0.25, 0.3) is 5.91 Å². The van der Waals surface area contributed by atoms with Crippen LogP contribution < -0.4 is 4.90 Å². The van der Waals surface area contributed by atoms with Crippen molar-refractivity contribution in [3.05, 3.63) is 66.8 Å². The summed E-state index contributed by atoms with van der Waals surface area (Å²) >= 11 is 0. The molecule has 0 aliphatic carbocycles. The molecule has 1 aromatic carbocycles. The van der Waals surface area contributed by atoms with Crippen LogP contribution in [0.15, 0.2) is 65.4 Å². The van der Waals surface area contributed by atoms with Crippen molar-refractivity contribution in [3.8, 4) is 0 Å². The molecule has 19 heavy (non-hydrogen) atoms. The molecule has 96 valence electrons. The highest BCUT2D eigenvalue weighted by molar-refractivity contribution is 6.02. The lowest BCUT2D eigenvalue weighted by atomic mass is 9.92. The van der Waals surface area contributed by atoms with Gasteiger partial charge >= 0.3 is 0 Å². The van der Waals surface area contributed by atoms with Gasteiger partial charge in [0.05, 0.1) is 6.26 Å². The minimum absolute atomic E-state index is 0.211. The lowest BCUT2D eigenvalue weighted by Crippen LogP contribution is -2.47. The van der Waals surface area contributed by atoms with Crippen molar-refractivity contribution in [1.29, 1.82) is 0 Å². The fraction of sp³-hybridized carbons (Fsp3) is 0.133. The largest absolute Gasteiger partial charge is 0.466 e. The van der Waals surface area contributed by atoms with E-state index in [9.17, 15) is 9.90 Å². The molecule has 3 rings (SSSR count). The van der Waals surface area contributed by atoms with Crippen LogP contribution >= 0.6 is 0 Å². The summed E-state index contributed by atoms with van der Waals surface area (Å²) < 4.78 is 5.20. The summed E-state index contributed by atoms with van der Waals surface area (Å²) in [5.41, 5.74) is -0.915. The smallest absolute Gasteiger partial charge is 0.271 e. The maximum absolute atomic E-state index is 12.5. The standard InChI is InChI=1S/C15H13NO3/c17-14-15(18,13-8-4-11-19-13)9-5-10-16(14)12-6-2-1-3-7-12/h1-8,10-11,18H,9H2/t15-/m1/s1. The summed E-state index contributed by atoms with van der Waals surface area (Å²) in [6.07, 6.45) is 5.10. The minimum atomic E-state index is -1.63. The monoisotopic (exact) mass is 255 g/mol. The Bertz CT molecular complexity index is 604. The predicted octanol–water partition coefficient (Wildman–Crippen LogP) is 2.42. The van der Waals surface area contributed by atoms with Gasteiger partial charge in [0.2, 0.25) is 5.60 Å². The third-order valence-electron chi connectivity index (χ3n) is 3.20. The Kier molecular flexibility index (Phi) is 2.72. The van der Waals surface area contributed by atoms with E-state index in [1.54, 1.807) is 24.4 Å². The molecule has 1 aliphatic rings. The van der Waals surface area contributed by atoms with Gasteiger partial charge in [-0.2, -0.15) is 0 Å². The van der Waals surface area contributed by atoms with Crippen molar-refractivity contribution < 1.29 is 14.3 Å². The van der Waals surface area contributed by atoms with Gasteiger partial charge in [0, 0.05) is 18.3 Å². The molecule has 2 heterocycles. The molecule has 0 bridgehead atoms. The molecule has 1 N–H and O–H groups in total. The Labute approximate surface area is 110 Å². The highest BCUT2D eigenvalue weighted by Crippen LogP contribution is 2.33. The van der Waals surface area contributed by atoms with E-state index < -0.39 is 11.5 Å². The molecule has 0 spiro atoms. The van der Waals surface area contributed by atoms with Crippen LogP contribution in [0.3, 0.4) is 0 Å². The maximum Gasteiger partial charge on any atom is 0.271 e. The molecule has 0 saturated heterocycles. The van der Waals surface area contributed by atoms with Gasteiger partial charge in [0.1, 0.15) is 5.76 Å². The number of carbonyl (C=O) groups excluding carboxylic acids is 1. The van der Waals surface area contributed by atoms with Crippen LogP contribution in [-0.2, 0) is 10.4 Å². The molecule has 0 fully saturated rings. The number of amides is 1. The number of hydrogen-bond donors (Lipinski definition) is 1. The second-order valence-corrected chi connectivity index (χ2v) is 4.44. The van der Waals surface area contributed by atoms with Crippen LogP contribution in [0, 0.1) is 0 Å². The Morgan fingerprint density at radius 3 is 2.63 bits per heavy atom. The van der Waals surface area contributed by atoms with Gasteiger partial charge < -0.3 is 9.52 Å². The molecule has 0 saturated carbocycles. The first-order valence-electron chi connectivity index (χ1n) is 6.03. The van der Waals surface area contributed by atoms with E-state index in [4.69, 9.17) is 4.42 Å². The van der Waals surface area contributed by atoms with E-state index in [0.717, 1.165) is 0 Å². The fourth-order valence-electron chi connectivity index (χ4n) is 2.19. The highest BCUT2D eigenvalue weighted by Gasteiger charge is 2.44. The van der Waals surface area contributed by atoms with Gasteiger partial charge in [0.15, 0.2) is 0 Å². The van der Waals surface area contributed by atoms with Gasteiger partial charge in [-0.1, -0.05) is 24.3 Å². The molecule has 4 nitrogen and oxygen atoms in total. The molecule has 0 radical (unpaired) electrons. The minimum Gasteiger partial charge on any atom is -0.466 e. The van der Waals surface area contributed by atoms with Crippen LogP contribution in [-0.4, -0.2) is 11.0 Å². The van der Waals surface area contributed by atoms with E-state index in [-0.39, 0.29) is 12.2 Å². The van der Waals surface area contributed by atoms with E-state index in [2.05, 4.69) is 0 Å². The molecule has 4 heteroatoms. The Balaban J connectivity index is 2.01. The van der Waals surface area contributed by atoms with Crippen molar-refractivity contribution >= 4 is 11.6 Å². The lowest BCUT2D eigenvalue weighted by molar-refractivity contribution is -0.139. The summed E-state index contributed by atoms with van der Waals surface area (Å²) in [5.74, 6) is -0.140. The van der Waals surface area contributed by atoms with Crippen molar-refractivity contribution in [1.82, 2.24) is 0 Å². The topological polar surface area (TPSA) is 53.7 Å².